The summed E-state index contributed by atoms with van der Waals surface area (Å²) >= 11 is 0. The standard InChI is InChI=1S/C22H27NO3/c1-22(2,3)18-8-12-20(13-9-18)26-16-15-23-21(24)14-7-17-5-10-19(25-4)11-6-17/h5-14H,15-16H2,1-4H3,(H,23,24)/b14-7+. The molecule has 0 aliphatic rings. The third kappa shape index (κ3) is 6.28. The fourth-order valence-electron chi connectivity index (χ4n) is 2.34. The van der Waals surface area contributed by atoms with E-state index >= 15 is 0 Å². The maximum absolute atomic E-state index is 11.8. The molecular weight excluding hydrogens is 326 g/mol. The van der Waals surface area contributed by atoms with E-state index in [-0.39, 0.29) is 11.3 Å². The molecule has 0 bridgehead atoms. The molecule has 2 aromatic rings. The van der Waals surface area contributed by atoms with Crippen molar-refractivity contribution < 1.29 is 14.3 Å². The molecule has 0 fully saturated rings. The lowest BCUT2D eigenvalue weighted by atomic mass is 9.87. The average Bonchev–Trinajstić information content (AvgIpc) is 2.63. The molecule has 2 rings (SSSR count). The molecular formula is C22H27NO3. The van der Waals surface area contributed by atoms with Gasteiger partial charge in [-0.15, -0.1) is 0 Å². The van der Waals surface area contributed by atoms with Crippen molar-refractivity contribution in [1.82, 2.24) is 5.32 Å². The first-order chi connectivity index (χ1) is 12.4. The Kier molecular flexibility index (Phi) is 6.84. The van der Waals surface area contributed by atoms with Gasteiger partial charge in [-0.05, 0) is 46.9 Å². The smallest absolute Gasteiger partial charge is 0.244 e. The number of amides is 1. The summed E-state index contributed by atoms with van der Waals surface area (Å²) in [6.45, 7) is 7.41. The summed E-state index contributed by atoms with van der Waals surface area (Å²) in [5.41, 5.74) is 2.33. The van der Waals surface area contributed by atoms with E-state index in [9.17, 15) is 4.79 Å². The molecule has 0 saturated heterocycles. The highest BCUT2D eigenvalue weighted by Crippen LogP contribution is 2.24. The van der Waals surface area contributed by atoms with Gasteiger partial charge in [0.2, 0.25) is 5.91 Å². The Balaban J connectivity index is 1.71. The molecule has 4 nitrogen and oxygen atoms in total. The minimum Gasteiger partial charge on any atom is -0.497 e. The van der Waals surface area contributed by atoms with Crippen molar-refractivity contribution in [1.29, 1.82) is 0 Å². The zero-order chi connectivity index (χ0) is 19.0. The number of hydrogen-bond acceptors (Lipinski definition) is 3. The van der Waals surface area contributed by atoms with E-state index in [4.69, 9.17) is 9.47 Å². The molecule has 1 N–H and O–H groups in total. The Morgan fingerprint density at radius 2 is 1.62 bits per heavy atom. The Bertz CT molecular complexity index is 725. The van der Waals surface area contributed by atoms with Gasteiger partial charge in [-0.25, -0.2) is 0 Å². The molecule has 0 aromatic heterocycles. The Labute approximate surface area is 155 Å². The number of carbonyl (C=O) groups is 1. The van der Waals surface area contributed by atoms with Crippen molar-refractivity contribution in [3.8, 4) is 11.5 Å². The molecule has 0 aliphatic heterocycles. The number of methoxy groups -OCH3 is 1. The second-order valence-corrected chi connectivity index (χ2v) is 7.02. The molecule has 0 heterocycles. The van der Waals surface area contributed by atoms with Crippen LogP contribution < -0.4 is 14.8 Å². The molecule has 0 atom stereocenters. The van der Waals surface area contributed by atoms with Gasteiger partial charge in [-0.2, -0.15) is 0 Å². The molecule has 26 heavy (non-hydrogen) atoms. The highest BCUT2D eigenvalue weighted by atomic mass is 16.5. The maximum atomic E-state index is 11.8. The molecule has 2 aromatic carbocycles. The van der Waals surface area contributed by atoms with Crippen LogP contribution in [0.25, 0.3) is 6.08 Å². The number of benzene rings is 2. The SMILES string of the molecule is COc1ccc(/C=C/C(=O)NCCOc2ccc(C(C)(C)C)cc2)cc1. The minimum absolute atomic E-state index is 0.128. The highest BCUT2D eigenvalue weighted by Gasteiger charge is 2.12. The van der Waals surface area contributed by atoms with Crippen molar-refractivity contribution in [3.05, 3.63) is 65.7 Å². The molecule has 0 radical (unpaired) electrons. The first-order valence-electron chi connectivity index (χ1n) is 8.72. The molecule has 4 heteroatoms. The number of ether oxygens (including phenoxy) is 2. The summed E-state index contributed by atoms with van der Waals surface area (Å²) in [7, 11) is 1.62. The van der Waals surface area contributed by atoms with Crippen LogP contribution in [-0.2, 0) is 10.2 Å². The topological polar surface area (TPSA) is 47.6 Å². The monoisotopic (exact) mass is 353 g/mol. The number of rotatable bonds is 7. The zero-order valence-electron chi connectivity index (χ0n) is 15.9. The van der Waals surface area contributed by atoms with Gasteiger partial charge in [-0.3, -0.25) is 4.79 Å². The predicted octanol–water partition coefficient (Wildman–Crippen LogP) is 4.20. The molecule has 0 spiro atoms. The molecule has 0 aliphatic carbocycles. The zero-order valence-corrected chi connectivity index (χ0v) is 15.9. The lowest BCUT2D eigenvalue weighted by Crippen LogP contribution is -2.26. The summed E-state index contributed by atoms with van der Waals surface area (Å²) in [5.74, 6) is 1.45. The number of nitrogens with one attached hydrogen (secondary N) is 1. The third-order valence-corrected chi connectivity index (χ3v) is 3.93. The van der Waals surface area contributed by atoms with Gasteiger partial charge in [0, 0.05) is 6.08 Å². The molecule has 0 unspecified atom stereocenters. The van der Waals surface area contributed by atoms with Crippen molar-refractivity contribution >= 4 is 12.0 Å². The maximum Gasteiger partial charge on any atom is 0.244 e. The minimum atomic E-state index is -0.146. The highest BCUT2D eigenvalue weighted by molar-refractivity contribution is 5.91. The predicted molar refractivity (Wildman–Crippen MR) is 106 cm³/mol. The largest absolute Gasteiger partial charge is 0.497 e. The van der Waals surface area contributed by atoms with Gasteiger partial charge in [0.1, 0.15) is 18.1 Å². The summed E-state index contributed by atoms with van der Waals surface area (Å²) in [6.07, 6.45) is 3.28. The Hall–Kier alpha value is -2.75. The fourth-order valence-corrected chi connectivity index (χ4v) is 2.34. The van der Waals surface area contributed by atoms with Crippen LogP contribution in [0.5, 0.6) is 11.5 Å². The summed E-state index contributed by atoms with van der Waals surface area (Å²) in [6, 6.07) is 15.6. The van der Waals surface area contributed by atoms with Crippen LogP contribution in [0.1, 0.15) is 31.9 Å². The van der Waals surface area contributed by atoms with Gasteiger partial charge >= 0.3 is 0 Å². The van der Waals surface area contributed by atoms with E-state index in [1.807, 2.05) is 36.4 Å². The van der Waals surface area contributed by atoms with Crippen molar-refractivity contribution in [2.45, 2.75) is 26.2 Å². The van der Waals surface area contributed by atoms with E-state index in [0.717, 1.165) is 17.1 Å². The van der Waals surface area contributed by atoms with E-state index in [1.165, 1.54) is 11.6 Å². The van der Waals surface area contributed by atoms with Gasteiger partial charge in [-0.1, -0.05) is 45.0 Å². The first-order valence-corrected chi connectivity index (χ1v) is 8.72. The van der Waals surface area contributed by atoms with Crippen LogP contribution in [0, 0.1) is 0 Å². The van der Waals surface area contributed by atoms with Gasteiger partial charge in [0.25, 0.3) is 0 Å². The van der Waals surface area contributed by atoms with Crippen molar-refractivity contribution in [2.75, 3.05) is 20.3 Å². The van der Waals surface area contributed by atoms with Gasteiger partial charge in [0.15, 0.2) is 0 Å². The lowest BCUT2D eigenvalue weighted by molar-refractivity contribution is -0.116. The third-order valence-electron chi connectivity index (χ3n) is 3.93. The average molecular weight is 353 g/mol. The van der Waals surface area contributed by atoms with Crippen LogP contribution >= 0.6 is 0 Å². The fraction of sp³-hybridized carbons (Fsp3) is 0.318. The van der Waals surface area contributed by atoms with Crippen molar-refractivity contribution in [3.63, 3.8) is 0 Å². The van der Waals surface area contributed by atoms with E-state index in [1.54, 1.807) is 13.2 Å². The summed E-state index contributed by atoms with van der Waals surface area (Å²) in [5, 5.41) is 2.81. The van der Waals surface area contributed by atoms with E-state index in [0.29, 0.717) is 13.2 Å². The van der Waals surface area contributed by atoms with Gasteiger partial charge < -0.3 is 14.8 Å². The van der Waals surface area contributed by atoms with E-state index < -0.39 is 0 Å². The van der Waals surface area contributed by atoms with Crippen LogP contribution in [0.3, 0.4) is 0 Å². The van der Waals surface area contributed by atoms with Crippen LogP contribution in [-0.4, -0.2) is 26.2 Å². The number of carbonyl (C=O) groups excluding carboxylic acids is 1. The van der Waals surface area contributed by atoms with E-state index in [2.05, 4.69) is 38.2 Å². The second kappa shape index (κ2) is 9.09. The van der Waals surface area contributed by atoms with Crippen LogP contribution in [0.15, 0.2) is 54.6 Å². The summed E-state index contributed by atoms with van der Waals surface area (Å²) in [4.78, 5) is 11.8. The number of hydrogen-bond donors (Lipinski definition) is 1. The molecule has 138 valence electrons. The summed E-state index contributed by atoms with van der Waals surface area (Å²) < 4.78 is 10.8. The van der Waals surface area contributed by atoms with Crippen LogP contribution in [0.2, 0.25) is 0 Å². The lowest BCUT2D eigenvalue weighted by Gasteiger charge is -2.19. The van der Waals surface area contributed by atoms with Crippen molar-refractivity contribution in [2.24, 2.45) is 0 Å². The molecule has 1 amide bonds. The van der Waals surface area contributed by atoms with Gasteiger partial charge in [0.05, 0.1) is 13.7 Å². The second-order valence-electron chi connectivity index (χ2n) is 7.02. The molecule has 0 saturated carbocycles. The Morgan fingerprint density at radius 1 is 1.00 bits per heavy atom. The van der Waals surface area contributed by atoms with Crippen LogP contribution in [0.4, 0.5) is 0 Å². The Morgan fingerprint density at radius 3 is 2.19 bits per heavy atom. The quantitative estimate of drug-likeness (QED) is 0.599. The normalized spacial score (nSPS) is 11.4. The first kappa shape index (κ1) is 19.6.